The Kier molecular flexibility index (Phi) is 4.56. The van der Waals surface area contributed by atoms with Gasteiger partial charge in [0.15, 0.2) is 0 Å². The highest BCUT2D eigenvalue weighted by Gasteiger charge is 2.35. The van der Waals surface area contributed by atoms with Gasteiger partial charge in [0.05, 0.1) is 0 Å². The van der Waals surface area contributed by atoms with Crippen molar-refractivity contribution < 1.29 is 9.90 Å². The molecule has 1 amide bonds. The van der Waals surface area contributed by atoms with E-state index in [9.17, 15) is 9.90 Å². The van der Waals surface area contributed by atoms with Crippen LogP contribution in [0, 0.1) is 11.8 Å². The molecule has 4 nitrogen and oxygen atoms in total. The summed E-state index contributed by atoms with van der Waals surface area (Å²) in [6.45, 7) is 2.70. The van der Waals surface area contributed by atoms with Gasteiger partial charge >= 0.3 is 0 Å². The lowest BCUT2D eigenvalue weighted by atomic mass is 9.84. The van der Waals surface area contributed by atoms with Crippen molar-refractivity contribution in [1.29, 1.82) is 0 Å². The Morgan fingerprint density at radius 2 is 2.00 bits per heavy atom. The van der Waals surface area contributed by atoms with Crippen LogP contribution in [-0.4, -0.2) is 41.7 Å². The van der Waals surface area contributed by atoms with Gasteiger partial charge in [-0.05, 0) is 18.4 Å². The molecule has 0 aromatic heterocycles. The van der Waals surface area contributed by atoms with Crippen LogP contribution in [0.5, 0.6) is 0 Å². The SMILES string of the molecule is O=C(N[C@@H]1CN(Cc2ccccc2)C[C@H]1CO)C1CCC1. The Morgan fingerprint density at radius 1 is 1.24 bits per heavy atom. The van der Waals surface area contributed by atoms with Crippen LogP contribution >= 0.6 is 0 Å². The van der Waals surface area contributed by atoms with E-state index in [-0.39, 0.29) is 30.4 Å². The Labute approximate surface area is 126 Å². The van der Waals surface area contributed by atoms with Crippen LogP contribution in [0.15, 0.2) is 30.3 Å². The number of benzene rings is 1. The number of nitrogens with one attached hydrogen (secondary N) is 1. The zero-order valence-electron chi connectivity index (χ0n) is 12.4. The van der Waals surface area contributed by atoms with E-state index in [1.54, 1.807) is 0 Å². The smallest absolute Gasteiger partial charge is 0.223 e. The van der Waals surface area contributed by atoms with Gasteiger partial charge in [-0.3, -0.25) is 9.69 Å². The van der Waals surface area contributed by atoms with Gasteiger partial charge < -0.3 is 10.4 Å². The summed E-state index contributed by atoms with van der Waals surface area (Å²) in [5, 5.41) is 12.7. The first-order valence-corrected chi connectivity index (χ1v) is 7.94. The van der Waals surface area contributed by atoms with Crippen molar-refractivity contribution in [2.24, 2.45) is 11.8 Å². The molecular weight excluding hydrogens is 264 g/mol. The third-order valence-electron chi connectivity index (χ3n) is 4.80. The van der Waals surface area contributed by atoms with E-state index in [1.165, 1.54) is 12.0 Å². The van der Waals surface area contributed by atoms with Crippen LogP contribution in [-0.2, 0) is 11.3 Å². The highest BCUT2D eigenvalue weighted by Crippen LogP contribution is 2.27. The molecule has 3 rings (SSSR count). The van der Waals surface area contributed by atoms with E-state index in [4.69, 9.17) is 0 Å². The minimum Gasteiger partial charge on any atom is -0.396 e. The quantitative estimate of drug-likeness (QED) is 0.861. The van der Waals surface area contributed by atoms with Crippen molar-refractivity contribution >= 4 is 5.91 Å². The predicted octanol–water partition coefficient (Wildman–Crippen LogP) is 1.40. The molecule has 2 atom stereocenters. The number of likely N-dealkylation sites (tertiary alicyclic amines) is 1. The van der Waals surface area contributed by atoms with Gasteiger partial charge in [-0.1, -0.05) is 36.8 Å². The van der Waals surface area contributed by atoms with Crippen molar-refractivity contribution in [3.63, 3.8) is 0 Å². The molecule has 1 heterocycles. The van der Waals surface area contributed by atoms with Crippen molar-refractivity contribution in [3.8, 4) is 0 Å². The van der Waals surface area contributed by atoms with Gasteiger partial charge in [0, 0.05) is 44.1 Å². The van der Waals surface area contributed by atoms with Gasteiger partial charge in [-0.15, -0.1) is 0 Å². The largest absolute Gasteiger partial charge is 0.396 e. The summed E-state index contributed by atoms with van der Waals surface area (Å²) in [6, 6.07) is 10.4. The standard InChI is InChI=1S/C17H24N2O2/c20-12-15-10-19(9-13-5-2-1-3-6-13)11-16(15)18-17(21)14-7-4-8-14/h1-3,5-6,14-16,20H,4,7-12H2,(H,18,21)/t15-,16+/m0/s1. The molecule has 1 aliphatic heterocycles. The van der Waals surface area contributed by atoms with Gasteiger partial charge in [0.1, 0.15) is 0 Å². The fourth-order valence-electron chi connectivity index (χ4n) is 3.25. The third kappa shape index (κ3) is 3.44. The summed E-state index contributed by atoms with van der Waals surface area (Å²) < 4.78 is 0. The number of rotatable bonds is 5. The second kappa shape index (κ2) is 6.58. The number of aliphatic hydroxyl groups excluding tert-OH is 1. The fourth-order valence-corrected chi connectivity index (χ4v) is 3.25. The molecule has 1 saturated carbocycles. The van der Waals surface area contributed by atoms with E-state index >= 15 is 0 Å². The zero-order valence-corrected chi connectivity index (χ0v) is 12.4. The molecule has 0 unspecified atom stereocenters. The van der Waals surface area contributed by atoms with Gasteiger partial charge in [0.2, 0.25) is 5.91 Å². The van der Waals surface area contributed by atoms with Crippen molar-refractivity contribution in [2.75, 3.05) is 19.7 Å². The maximum atomic E-state index is 12.1. The normalized spacial score (nSPS) is 26.5. The molecule has 1 aromatic carbocycles. The molecular formula is C17H24N2O2. The molecule has 0 bridgehead atoms. The monoisotopic (exact) mass is 288 g/mol. The number of amides is 1. The molecule has 0 radical (unpaired) electrons. The molecule has 21 heavy (non-hydrogen) atoms. The summed E-state index contributed by atoms with van der Waals surface area (Å²) in [7, 11) is 0. The lowest BCUT2D eigenvalue weighted by molar-refractivity contribution is -0.128. The van der Waals surface area contributed by atoms with E-state index in [0.717, 1.165) is 32.5 Å². The molecule has 0 spiro atoms. The average molecular weight is 288 g/mol. The molecule has 114 valence electrons. The minimum absolute atomic E-state index is 0.0896. The first-order chi connectivity index (χ1) is 10.3. The number of nitrogens with zero attached hydrogens (tertiary/aromatic N) is 1. The Bertz CT molecular complexity index is 473. The van der Waals surface area contributed by atoms with E-state index in [0.29, 0.717) is 0 Å². The molecule has 2 fully saturated rings. The highest BCUT2D eigenvalue weighted by molar-refractivity contribution is 5.79. The Hall–Kier alpha value is -1.39. The van der Waals surface area contributed by atoms with Crippen molar-refractivity contribution in [2.45, 2.75) is 31.8 Å². The second-order valence-corrected chi connectivity index (χ2v) is 6.37. The number of hydrogen-bond donors (Lipinski definition) is 2. The summed E-state index contributed by atoms with van der Waals surface area (Å²) in [4.78, 5) is 14.4. The molecule has 2 N–H and O–H groups in total. The highest BCUT2D eigenvalue weighted by atomic mass is 16.3. The van der Waals surface area contributed by atoms with Crippen molar-refractivity contribution in [3.05, 3.63) is 35.9 Å². The van der Waals surface area contributed by atoms with Crippen LogP contribution in [0.25, 0.3) is 0 Å². The van der Waals surface area contributed by atoms with Crippen LogP contribution in [0.3, 0.4) is 0 Å². The van der Waals surface area contributed by atoms with Crippen LogP contribution in [0.4, 0.5) is 0 Å². The minimum atomic E-state index is 0.0896. The van der Waals surface area contributed by atoms with Gasteiger partial charge in [-0.2, -0.15) is 0 Å². The Balaban J connectivity index is 1.56. The summed E-state index contributed by atoms with van der Waals surface area (Å²) in [6.07, 6.45) is 3.22. The molecule has 1 saturated heterocycles. The lowest BCUT2D eigenvalue weighted by Gasteiger charge is -2.27. The molecule has 1 aromatic rings. The average Bonchev–Trinajstić information content (AvgIpc) is 2.79. The number of aliphatic hydroxyl groups is 1. The molecule has 2 aliphatic rings. The van der Waals surface area contributed by atoms with E-state index in [2.05, 4.69) is 22.3 Å². The summed E-state index contributed by atoms with van der Waals surface area (Å²) in [5.41, 5.74) is 1.28. The molecule has 4 heteroatoms. The second-order valence-electron chi connectivity index (χ2n) is 6.37. The van der Waals surface area contributed by atoms with E-state index in [1.807, 2.05) is 18.2 Å². The zero-order chi connectivity index (χ0) is 14.7. The summed E-state index contributed by atoms with van der Waals surface area (Å²) in [5.74, 6) is 0.552. The van der Waals surface area contributed by atoms with Gasteiger partial charge in [0.25, 0.3) is 0 Å². The number of carbonyl (C=O) groups excluding carboxylic acids is 1. The first kappa shape index (κ1) is 14.5. The first-order valence-electron chi connectivity index (χ1n) is 7.94. The topological polar surface area (TPSA) is 52.6 Å². The fraction of sp³-hybridized carbons (Fsp3) is 0.588. The third-order valence-corrected chi connectivity index (χ3v) is 4.80. The maximum Gasteiger partial charge on any atom is 0.223 e. The number of hydrogen-bond acceptors (Lipinski definition) is 3. The predicted molar refractivity (Wildman–Crippen MR) is 81.6 cm³/mol. The van der Waals surface area contributed by atoms with Gasteiger partial charge in [-0.25, -0.2) is 0 Å². The van der Waals surface area contributed by atoms with Crippen LogP contribution < -0.4 is 5.32 Å². The van der Waals surface area contributed by atoms with E-state index < -0.39 is 0 Å². The maximum absolute atomic E-state index is 12.1. The summed E-state index contributed by atoms with van der Waals surface area (Å²) >= 11 is 0. The lowest BCUT2D eigenvalue weighted by Crippen LogP contribution is -2.45. The van der Waals surface area contributed by atoms with Crippen LogP contribution in [0.2, 0.25) is 0 Å². The Morgan fingerprint density at radius 3 is 2.62 bits per heavy atom. The van der Waals surface area contributed by atoms with Crippen LogP contribution in [0.1, 0.15) is 24.8 Å². The van der Waals surface area contributed by atoms with Crippen molar-refractivity contribution in [1.82, 2.24) is 10.2 Å². The molecule has 1 aliphatic carbocycles. The number of carbonyl (C=O) groups is 1.